The quantitative estimate of drug-likeness (QED) is 0.568. The van der Waals surface area contributed by atoms with Gasteiger partial charge < -0.3 is 14.6 Å². The number of carboxylic acids is 1. The molecule has 0 saturated carbocycles. The minimum Gasteiger partial charge on any atom is -0.478 e. The topological polar surface area (TPSA) is 55.8 Å². The van der Waals surface area contributed by atoms with E-state index in [1.165, 1.54) is 0 Å². The maximum Gasteiger partial charge on any atom is 0.328 e. The molecule has 0 aromatic heterocycles. The molecule has 0 radical (unpaired) electrons. The normalized spacial score (nSPS) is 10.9. The Balaban J connectivity index is 2.51. The first-order chi connectivity index (χ1) is 8.74. The molecule has 0 saturated heterocycles. The zero-order valence-electron chi connectivity index (χ0n) is 10.5. The summed E-state index contributed by atoms with van der Waals surface area (Å²) in [5, 5.41) is 8.60. The van der Waals surface area contributed by atoms with E-state index >= 15 is 0 Å². The molecule has 0 aliphatic heterocycles. The summed E-state index contributed by atoms with van der Waals surface area (Å²) in [4.78, 5) is 10.5. The minimum atomic E-state index is -0.956. The number of carbonyl (C=O) groups is 1. The lowest BCUT2D eigenvalue weighted by Gasteiger charge is -2.07. The molecule has 0 amide bonds. The molecular formula is C14H18O4. The lowest BCUT2D eigenvalue weighted by molar-refractivity contribution is -0.131. The molecule has 98 valence electrons. The van der Waals surface area contributed by atoms with Crippen LogP contribution in [0.15, 0.2) is 30.3 Å². The first-order valence-electron chi connectivity index (χ1n) is 5.88. The lowest BCUT2D eigenvalue weighted by atomic mass is 10.1. The number of rotatable bonds is 8. The molecule has 0 atom stereocenters. The Morgan fingerprint density at radius 1 is 1.28 bits per heavy atom. The van der Waals surface area contributed by atoms with Crippen LogP contribution in [-0.2, 0) is 20.9 Å². The van der Waals surface area contributed by atoms with E-state index in [-0.39, 0.29) is 0 Å². The van der Waals surface area contributed by atoms with Crippen molar-refractivity contribution in [1.29, 1.82) is 0 Å². The summed E-state index contributed by atoms with van der Waals surface area (Å²) in [6.07, 6.45) is 2.70. The highest BCUT2D eigenvalue weighted by molar-refractivity contribution is 5.85. The van der Waals surface area contributed by atoms with Crippen molar-refractivity contribution in [3.63, 3.8) is 0 Å². The summed E-state index contributed by atoms with van der Waals surface area (Å²) in [6.45, 7) is 4.18. The SMILES string of the molecule is CCOCCOCc1ccccc1/C=C/C(=O)O. The number of ether oxygens (including phenoxy) is 2. The highest BCUT2D eigenvalue weighted by atomic mass is 16.5. The molecular weight excluding hydrogens is 232 g/mol. The van der Waals surface area contributed by atoms with Gasteiger partial charge in [-0.1, -0.05) is 24.3 Å². The van der Waals surface area contributed by atoms with Gasteiger partial charge in [-0.3, -0.25) is 0 Å². The first-order valence-corrected chi connectivity index (χ1v) is 5.88. The van der Waals surface area contributed by atoms with E-state index in [9.17, 15) is 4.79 Å². The Bertz CT molecular complexity index is 399. The van der Waals surface area contributed by atoms with Gasteiger partial charge in [-0.05, 0) is 24.1 Å². The van der Waals surface area contributed by atoms with E-state index in [0.29, 0.717) is 26.4 Å². The van der Waals surface area contributed by atoms with Crippen LogP contribution in [0.1, 0.15) is 18.1 Å². The molecule has 0 bridgehead atoms. The monoisotopic (exact) mass is 250 g/mol. The van der Waals surface area contributed by atoms with Crippen molar-refractivity contribution in [3.05, 3.63) is 41.5 Å². The third-order valence-electron chi connectivity index (χ3n) is 2.29. The van der Waals surface area contributed by atoms with Gasteiger partial charge in [0.25, 0.3) is 0 Å². The summed E-state index contributed by atoms with van der Waals surface area (Å²) in [5.41, 5.74) is 1.82. The highest BCUT2D eigenvalue weighted by Crippen LogP contribution is 2.12. The predicted octanol–water partition coefficient (Wildman–Crippen LogP) is 2.34. The summed E-state index contributed by atoms with van der Waals surface area (Å²) >= 11 is 0. The van der Waals surface area contributed by atoms with Gasteiger partial charge in [-0.15, -0.1) is 0 Å². The van der Waals surface area contributed by atoms with Crippen LogP contribution in [0.4, 0.5) is 0 Å². The van der Waals surface area contributed by atoms with Crippen molar-refractivity contribution < 1.29 is 19.4 Å². The second kappa shape index (κ2) is 8.44. The maximum atomic E-state index is 10.5. The molecule has 1 aromatic carbocycles. The van der Waals surface area contributed by atoms with E-state index in [1.54, 1.807) is 6.08 Å². The van der Waals surface area contributed by atoms with Gasteiger partial charge >= 0.3 is 5.97 Å². The second-order valence-corrected chi connectivity index (χ2v) is 3.62. The third-order valence-corrected chi connectivity index (χ3v) is 2.29. The van der Waals surface area contributed by atoms with Gasteiger partial charge in [0, 0.05) is 12.7 Å². The van der Waals surface area contributed by atoms with Gasteiger partial charge in [0.05, 0.1) is 19.8 Å². The van der Waals surface area contributed by atoms with Crippen molar-refractivity contribution in [2.75, 3.05) is 19.8 Å². The Hall–Kier alpha value is -1.65. The molecule has 0 heterocycles. The number of benzene rings is 1. The zero-order chi connectivity index (χ0) is 13.2. The van der Waals surface area contributed by atoms with E-state index in [0.717, 1.165) is 17.2 Å². The highest BCUT2D eigenvalue weighted by Gasteiger charge is 1.99. The Labute approximate surface area is 107 Å². The van der Waals surface area contributed by atoms with Gasteiger partial charge in [0.15, 0.2) is 0 Å². The molecule has 1 rings (SSSR count). The molecule has 0 fully saturated rings. The molecule has 18 heavy (non-hydrogen) atoms. The van der Waals surface area contributed by atoms with Crippen molar-refractivity contribution in [2.45, 2.75) is 13.5 Å². The van der Waals surface area contributed by atoms with Crippen LogP contribution in [0.25, 0.3) is 6.08 Å². The third kappa shape index (κ3) is 5.61. The molecule has 1 N–H and O–H groups in total. The zero-order valence-corrected chi connectivity index (χ0v) is 10.5. The summed E-state index contributed by atoms with van der Waals surface area (Å²) in [6, 6.07) is 7.55. The average molecular weight is 250 g/mol. The van der Waals surface area contributed by atoms with Crippen LogP contribution in [-0.4, -0.2) is 30.9 Å². The fraction of sp³-hybridized carbons (Fsp3) is 0.357. The van der Waals surface area contributed by atoms with Crippen molar-refractivity contribution in [1.82, 2.24) is 0 Å². The van der Waals surface area contributed by atoms with Gasteiger partial charge in [0.1, 0.15) is 0 Å². The van der Waals surface area contributed by atoms with Gasteiger partial charge in [-0.2, -0.15) is 0 Å². The smallest absolute Gasteiger partial charge is 0.328 e. The first kappa shape index (κ1) is 14.4. The lowest BCUT2D eigenvalue weighted by Crippen LogP contribution is -2.04. The summed E-state index contributed by atoms with van der Waals surface area (Å²) < 4.78 is 10.6. The molecule has 0 aliphatic carbocycles. The Morgan fingerprint density at radius 3 is 2.72 bits per heavy atom. The van der Waals surface area contributed by atoms with Crippen LogP contribution >= 0.6 is 0 Å². The van der Waals surface area contributed by atoms with E-state index in [1.807, 2.05) is 31.2 Å². The number of aliphatic carboxylic acids is 1. The minimum absolute atomic E-state index is 0.452. The van der Waals surface area contributed by atoms with Gasteiger partial charge in [0.2, 0.25) is 0 Å². The molecule has 0 aliphatic rings. The largest absolute Gasteiger partial charge is 0.478 e. The van der Waals surface area contributed by atoms with Crippen molar-refractivity contribution in [3.8, 4) is 0 Å². The molecule has 0 spiro atoms. The fourth-order valence-corrected chi connectivity index (χ4v) is 1.43. The van der Waals surface area contributed by atoms with Crippen LogP contribution in [0, 0.1) is 0 Å². The Kier molecular flexibility index (Phi) is 6.76. The van der Waals surface area contributed by atoms with Crippen LogP contribution < -0.4 is 0 Å². The molecule has 4 heteroatoms. The van der Waals surface area contributed by atoms with E-state index in [4.69, 9.17) is 14.6 Å². The van der Waals surface area contributed by atoms with Crippen LogP contribution in [0.3, 0.4) is 0 Å². The maximum absolute atomic E-state index is 10.5. The van der Waals surface area contributed by atoms with E-state index in [2.05, 4.69) is 0 Å². The fourth-order valence-electron chi connectivity index (χ4n) is 1.43. The number of carboxylic acid groups (broad SMARTS) is 1. The van der Waals surface area contributed by atoms with Crippen LogP contribution in [0.2, 0.25) is 0 Å². The molecule has 0 unspecified atom stereocenters. The predicted molar refractivity (Wildman–Crippen MR) is 69.3 cm³/mol. The summed E-state index contributed by atoms with van der Waals surface area (Å²) in [5.74, 6) is -0.956. The number of hydrogen-bond donors (Lipinski definition) is 1. The van der Waals surface area contributed by atoms with Crippen molar-refractivity contribution >= 4 is 12.0 Å². The van der Waals surface area contributed by atoms with E-state index < -0.39 is 5.97 Å². The second-order valence-electron chi connectivity index (χ2n) is 3.62. The standard InChI is InChI=1S/C14H18O4/c1-2-17-9-10-18-11-13-6-4-3-5-12(13)7-8-14(15)16/h3-8H,2,9-11H2,1H3,(H,15,16)/b8-7+. The average Bonchev–Trinajstić information content (AvgIpc) is 2.37. The van der Waals surface area contributed by atoms with Crippen LogP contribution in [0.5, 0.6) is 0 Å². The van der Waals surface area contributed by atoms with Crippen molar-refractivity contribution in [2.24, 2.45) is 0 Å². The Morgan fingerprint density at radius 2 is 2.00 bits per heavy atom. The molecule has 4 nitrogen and oxygen atoms in total. The molecule has 1 aromatic rings. The summed E-state index contributed by atoms with van der Waals surface area (Å²) in [7, 11) is 0. The number of hydrogen-bond acceptors (Lipinski definition) is 3. The van der Waals surface area contributed by atoms with Gasteiger partial charge in [-0.25, -0.2) is 4.79 Å².